The van der Waals surface area contributed by atoms with Crippen LogP contribution in [0.1, 0.15) is 12.0 Å². The molecule has 0 saturated carbocycles. The molecule has 1 heterocycles. The van der Waals surface area contributed by atoms with Gasteiger partial charge in [-0.2, -0.15) is 0 Å². The number of benzene rings is 1. The minimum atomic E-state index is 0.189. The maximum Gasteiger partial charge on any atom is 0.165 e. The Labute approximate surface area is 75.7 Å². The molecule has 1 aromatic rings. The minimum absolute atomic E-state index is 0.189. The second-order valence-corrected chi connectivity index (χ2v) is 3.23. The van der Waals surface area contributed by atoms with Gasteiger partial charge in [-0.15, -0.1) is 0 Å². The van der Waals surface area contributed by atoms with E-state index in [0.29, 0.717) is 17.4 Å². The third kappa shape index (κ3) is 1.12. The molecule has 0 radical (unpaired) electrons. The van der Waals surface area contributed by atoms with Crippen LogP contribution in [0.25, 0.3) is 0 Å². The van der Waals surface area contributed by atoms with Gasteiger partial charge in [0, 0.05) is 10.6 Å². The average Bonchev–Trinajstić information content (AvgIpc) is 2.12. The molecule has 0 fully saturated rings. The SMILES string of the molecule is Oc1ccc(Cl)c2c1OCCC2. The summed E-state index contributed by atoms with van der Waals surface area (Å²) in [7, 11) is 0. The monoisotopic (exact) mass is 184 g/mol. The standard InChI is InChI=1S/C9H9ClO2/c10-7-3-4-8(11)9-6(7)2-1-5-12-9/h3-4,11H,1-2,5H2. The normalized spacial score (nSPS) is 15.1. The summed E-state index contributed by atoms with van der Waals surface area (Å²) in [5.41, 5.74) is 0.933. The van der Waals surface area contributed by atoms with Crippen LogP contribution in [0.2, 0.25) is 5.02 Å². The Kier molecular flexibility index (Phi) is 1.85. The van der Waals surface area contributed by atoms with Gasteiger partial charge < -0.3 is 9.84 Å². The van der Waals surface area contributed by atoms with E-state index in [9.17, 15) is 5.11 Å². The molecule has 0 saturated heterocycles. The molecule has 12 heavy (non-hydrogen) atoms. The number of phenols is 1. The third-order valence-electron chi connectivity index (χ3n) is 2.00. The first-order valence-electron chi connectivity index (χ1n) is 3.92. The van der Waals surface area contributed by atoms with Crippen molar-refractivity contribution in [2.75, 3.05) is 6.61 Å². The van der Waals surface area contributed by atoms with Crippen LogP contribution in [0.15, 0.2) is 12.1 Å². The summed E-state index contributed by atoms with van der Waals surface area (Å²) in [6.45, 7) is 0.668. The molecule has 0 spiro atoms. The molecule has 2 rings (SSSR count). The summed E-state index contributed by atoms with van der Waals surface area (Å²) in [6, 6.07) is 3.26. The third-order valence-corrected chi connectivity index (χ3v) is 2.35. The van der Waals surface area contributed by atoms with Crippen LogP contribution in [0.5, 0.6) is 11.5 Å². The predicted octanol–water partition coefficient (Wildman–Crippen LogP) is 2.37. The van der Waals surface area contributed by atoms with Gasteiger partial charge in [0.1, 0.15) is 0 Å². The van der Waals surface area contributed by atoms with E-state index in [1.807, 2.05) is 0 Å². The van der Waals surface area contributed by atoms with Crippen molar-refractivity contribution in [2.24, 2.45) is 0 Å². The van der Waals surface area contributed by atoms with E-state index in [1.165, 1.54) is 0 Å². The molecule has 1 aliphatic rings. The van der Waals surface area contributed by atoms with Gasteiger partial charge in [-0.25, -0.2) is 0 Å². The van der Waals surface area contributed by atoms with Gasteiger partial charge in [-0.05, 0) is 25.0 Å². The predicted molar refractivity (Wildman–Crippen MR) is 46.9 cm³/mol. The van der Waals surface area contributed by atoms with Crippen LogP contribution in [0.3, 0.4) is 0 Å². The highest BCUT2D eigenvalue weighted by atomic mass is 35.5. The van der Waals surface area contributed by atoms with Crippen LogP contribution >= 0.6 is 11.6 Å². The zero-order valence-corrected chi connectivity index (χ0v) is 7.27. The van der Waals surface area contributed by atoms with E-state index in [0.717, 1.165) is 18.4 Å². The Morgan fingerprint density at radius 2 is 2.25 bits per heavy atom. The first-order valence-corrected chi connectivity index (χ1v) is 4.30. The molecular weight excluding hydrogens is 176 g/mol. The molecule has 64 valence electrons. The minimum Gasteiger partial charge on any atom is -0.504 e. The zero-order chi connectivity index (χ0) is 8.55. The van der Waals surface area contributed by atoms with Gasteiger partial charge in [0.05, 0.1) is 6.61 Å². The number of ether oxygens (including phenoxy) is 1. The summed E-state index contributed by atoms with van der Waals surface area (Å²) in [5.74, 6) is 0.753. The topological polar surface area (TPSA) is 29.5 Å². The lowest BCUT2D eigenvalue weighted by molar-refractivity contribution is 0.273. The number of phenolic OH excluding ortho intramolecular Hbond substituents is 1. The van der Waals surface area contributed by atoms with Crippen molar-refractivity contribution >= 4 is 11.6 Å². The second kappa shape index (κ2) is 2.87. The Bertz CT molecular complexity index is 279. The second-order valence-electron chi connectivity index (χ2n) is 2.83. The maximum atomic E-state index is 9.40. The van der Waals surface area contributed by atoms with Crippen LogP contribution in [0, 0.1) is 0 Å². The summed E-state index contributed by atoms with van der Waals surface area (Å²) in [4.78, 5) is 0. The fraction of sp³-hybridized carbons (Fsp3) is 0.333. The molecule has 1 aromatic carbocycles. The lowest BCUT2D eigenvalue weighted by Crippen LogP contribution is -2.08. The van der Waals surface area contributed by atoms with Crippen LogP contribution in [0.4, 0.5) is 0 Å². The van der Waals surface area contributed by atoms with E-state index >= 15 is 0 Å². The molecule has 0 aromatic heterocycles. The van der Waals surface area contributed by atoms with Crippen LogP contribution in [-0.4, -0.2) is 11.7 Å². The first-order chi connectivity index (χ1) is 5.79. The average molecular weight is 185 g/mol. The Hall–Kier alpha value is -0.890. The van der Waals surface area contributed by atoms with Crippen molar-refractivity contribution in [3.05, 3.63) is 22.7 Å². The Morgan fingerprint density at radius 1 is 1.42 bits per heavy atom. The highest BCUT2D eigenvalue weighted by molar-refractivity contribution is 6.31. The number of aromatic hydroxyl groups is 1. The van der Waals surface area contributed by atoms with Crippen molar-refractivity contribution < 1.29 is 9.84 Å². The van der Waals surface area contributed by atoms with Crippen molar-refractivity contribution in [1.29, 1.82) is 0 Å². The molecule has 3 heteroatoms. The number of fused-ring (bicyclic) bond motifs is 1. The number of hydrogen-bond donors (Lipinski definition) is 1. The van der Waals surface area contributed by atoms with Gasteiger partial charge in [0.2, 0.25) is 0 Å². The fourth-order valence-electron chi connectivity index (χ4n) is 1.41. The molecule has 0 bridgehead atoms. The van der Waals surface area contributed by atoms with E-state index in [2.05, 4.69) is 0 Å². The Balaban J connectivity index is 2.57. The molecule has 1 N–H and O–H groups in total. The van der Waals surface area contributed by atoms with Crippen molar-refractivity contribution in [2.45, 2.75) is 12.8 Å². The van der Waals surface area contributed by atoms with Crippen molar-refractivity contribution in [3.8, 4) is 11.5 Å². The molecular formula is C9H9ClO2. The molecule has 0 aliphatic carbocycles. The summed E-state index contributed by atoms with van der Waals surface area (Å²) in [5, 5.41) is 10.1. The summed E-state index contributed by atoms with van der Waals surface area (Å²) in [6.07, 6.45) is 1.86. The van der Waals surface area contributed by atoms with E-state index in [4.69, 9.17) is 16.3 Å². The zero-order valence-electron chi connectivity index (χ0n) is 6.51. The fourth-order valence-corrected chi connectivity index (χ4v) is 1.65. The molecule has 0 atom stereocenters. The number of hydrogen-bond acceptors (Lipinski definition) is 2. The number of halogens is 1. The maximum absolute atomic E-state index is 9.40. The van der Waals surface area contributed by atoms with Gasteiger partial charge in [0.15, 0.2) is 11.5 Å². The van der Waals surface area contributed by atoms with Crippen molar-refractivity contribution in [1.82, 2.24) is 0 Å². The molecule has 1 aliphatic heterocycles. The van der Waals surface area contributed by atoms with Gasteiger partial charge in [-0.1, -0.05) is 11.6 Å². The summed E-state index contributed by atoms with van der Waals surface area (Å²) >= 11 is 5.92. The Morgan fingerprint density at radius 3 is 3.00 bits per heavy atom. The van der Waals surface area contributed by atoms with Gasteiger partial charge >= 0.3 is 0 Å². The summed E-state index contributed by atoms with van der Waals surface area (Å²) < 4.78 is 5.30. The largest absolute Gasteiger partial charge is 0.504 e. The van der Waals surface area contributed by atoms with Gasteiger partial charge in [0.25, 0.3) is 0 Å². The van der Waals surface area contributed by atoms with Crippen LogP contribution in [-0.2, 0) is 6.42 Å². The molecule has 0 unspecified atom stereocenters. The van der Waals surface area contributed by atoms with Crippen molar-refractivity contribution in [3.63, 3.8) is 0 Å². The smallest absolute Gasteiger partial charge is 0.165 e. The lowest BCUT2D eigenvalue weighted by Gasteiger charge is -2.18. The first kappa shape index (κ1) is 7.74. The molecule has 0 amide bonds. The van der Waals surface area contributed by atoms with E-state index < -0.39 is 0 Å². The highest BCUT2D eigenvalue weighted by Crippen LogP contribution is 2.38. The number of rotatable bonds is 0. The van der Waals surface area contributed by atoms with E-state index in [-0.39, 0.29) is 5.75 Å². The van der Waals surface area contributed by atoms with Crippen LogP contribution < -0.4 is 4.74 Å². The highest BCUT2D eigenvalue weighted by Gasteiger charge is 2.16. The quantitative estimate of drug-likeness (QED) is 0.671. The molecule has 2 nitrogen and oxygen atoms in total. The lowest BCUT2D eigenvalue weighted by atomic mass is 10.1. The van der Waals surface area contributed by atoms with Gasteiger partial charge in [-0.3, -0.25) is 0 Å². The van der Waals surface area contributed by atoms with E-state index in [1.54, 1.807) is 12.1 Å².